The van der Waals surface area contributed by atoms with Crippen LogP contribution in [-0.2, 0) is 14.3 Å². The predicted octanol–water partition coefficient (Wildman–Crippen LogP) is 1.71. The van der Waals surface area contributed by atoms with Crippen LogP contribution in [0.2, 0.25) is 0 Å². The summed E-state index contributed by atoms with van der Waals surface area (Å²) in [6.45, 7) is 3.45. The monoisotopic (exact) mass is 296 g/mol. The molecule has 1 heterocycles. The number of carbonyl (C=O) groups is 2. The van der Waals surface area contributed by atoms with E-state index in [1.807, 2.05) is 6.92 Å². The van der Waals surface area contributed by atoms with Crippen molar-refractivity contribution in [3.05, 3.63) is 0 Å². The summed E-state index contributed by atoms with van der Waals surface area (Å²) in [4.78, 5) is 26.2. The lowest BCUT2D eigenvalue weighted by molar-refractivity contribution is -0.148. The van der Waals surface area contributed by atoms with Gasteiger partial charge in [-0.05, 0) is 39.2 Å². The Kier molecular flexibility index (Phi) is 6.03. The van der Waals surface area contributed by atoms with Crippen LogP contribution < -0.4 is 5.32 Å². The lowest BCUT2D eigenvalue weighted by Gasteiger charge is -2.35. The number of ether oxygens (including phenoxy) is 1. The number of hydrogen-bond donors (Lipinski definition) is 1. The molecule has 0 aromatic rings. The van der Waals surface area contributed by atoms with Gasteiger partial charge >= 0.3 is 5.97 Å². The molecule has 2 atom stereocenters. The second kappa shape index (κ2) is 7.78. The number of nitrogens with one attached hydrogen (secondary N) is 1. The molecule has 1 aliphatic heterocycles. The molecule has 0 bridgehead atoms. The number of amides is 1. The van der Waals surface area contributed by atoms with E-state index in [4.69, 9.17) is 4.74 Å². The Morgan fingerprint density at radius 2 is 1.86 bits per heavy atom. The van der Waals surface area contributed by atoms with Crippen LogP contribution in [0.15, 0.2) is 0 Å². The van der Waals surface area contributed by atoms with Crippen LogP contribution in [0.3, 0.4) is 0 Å². The Labute approximate surface area is 127 Å². The van der Waals surface area contributed by atoms with Gasteiger partial charge in [0.15, 0.2) is 0 Å². The number of nitrogens with zero attached hydrogens (tertiary/aromatic N) is 1. The summed E-state index contributed by atoms with van der Waals surface area (Å²) in [5.41, 5.74) is 0. The minimum atomic E-state index is -0.167. The van der Waals surface area contributed by atoms with E-state index in [2.05, 4.69) is 10.2 Å². The third-order valence-electron chi connectivity index (χ3n) is 4.87. The number of rotatable bonds is 4. The molecule has 2 fully saturated rings. The van der Waals surface area contributed by atoms with Gasteiger partial charge in [-0.3, -0.25) is 14.5 Å². The number of esters is 1. The maximum Gasteiger partial charge on any atom is 0.309 e. The highest BCUT2D eigenvalue weighted by molar-refractivity contribution is 5.81. The molecule has 0 radical (unpaired) electrons. The molecule has 120 valence electrons. The quantitative estimate of drug-likeness (QED) is 0.802. The highest BCUT2D eigenvalue weighted by Crippen LogP contribution is 2.21. The van der Waals surface area contributed by atoms with Gasteiger partial charge in [0.25, 0.3) is 0 Å². The number of hydrogen-bond acceptors (Lipinski definition) is 4. The van der Waals surface area contributed by atoms with Crippen LogP contribution >= 0.6 is 0 Å². The minimum Gasteiger partial charge on any atom is -0.469 e. The molecule has 2 rings (SSSR count). The van der Waals surface area contributed by atoms with Crippen molar-refractivity contribution in [1.29, 1.82) is 0 Å². The molecule has 0 spiro atoms. The first kappa shape index (κ1) is 16.3. The summed E-state index contributed by atoms with van der Waals surface area (Å²) in [5, 5.41) is 3.18. The van der Waals surface area contributed by atoms with Gasteiger partial charge in [-0.1, -0.05) is 19.3 Å². The molecule has 1 amide bonds. The zero-order valence-corrected chi connectivity index (χ0v) is 13.3. The smallest absolute Gasteiger partial charge is 0.309 e. The second-order valence-corrected chi connectivity index (χ2v) is 6.38. The number of piperidine rings is 1. The molecule has 5 heteroatoms. The Bertz CT molecular complexity index is 367. The van der Waals surface area contributed by atoms with E-state index >= 15 is 0 Å². The summed E-state index contributed by atoms with van der Waals surface area (Å²) in [7, 11) is 1.43. The van der Waals surface area contributed by atoms with Crippen molar-refractivity contribution in [2.75, 3.05) is 20.2 Å². The molecule has 1 aliphatic carbocycles. The largest absolute Gasteiger partial charge is 0.469 e. The van der Waals surface area contributed by atoms with Gasteiger partial charge in [0.1, 0.15) is 0 Å². The summed E-state index contributed by atoms with van der Waals surface area (Å²) in [6, 6.07) is 0.175. The van der Waals surface area contributed by atoms with Crippen molar-refractivity contribution >= 4 is 11.9 Å². The topological polar surface area (TPSA) is 58.6 Å². The van der Waals surface area contributed by atoms with Gasteiger partial charge in [0.05, 0.1) is 19.1 Å². The van der Waals surface area contributed by atoms with Gasteiger partial charge in [0.2, 0.25) is 5.91 Å². The van der Waals surface area contributed by atoms with Crippen LogP contribution in [0.5, 0.6) is 0 Å². The van der Waals surface area contributed by atoms with Gasteiger partial charge in [-0.25, -0.2) is 0 Å². The fraction of sp³-hybridized carbons (Fsp3) is 0.875. The van der Waals surface area contributed by atoms with E-state index in [0.717, 1.165) is 32.2 Å². The SMILES string of the molecule is COC(=O)[C@H]1CCCN(C(C)C(=O)NC2CCCCC2)C1. The van der Waals surface area contributed by atoms with Gasteiger partial charge in [0, 0.05) is 12.6 Å². The highest BCUT2D eigenvalue weighted by atomic mass is 16.5. The standard InChI is InChI=1S/C16H28N2O3/c1-12(15(19)17-14-8-4-3-5-9-14)18-10-6-7-13(11-18)16(20)21-2/h12-14H,3-11H2,1-2H3,(H,17,19)/t12?,13-/m0/s1. The predicted molar refractivity (Wildman–Crippen MR) is 80.8 cm³/mol. The molecule has 21 heavy (non-hydrogen) atoms. The minimum absolute atomic E-state index is 0.0892. The van der Waals surface area contributed by atoms with Crippen molar-refractivity contribution in [1.82, 2.24) is 10.2 Å². The first-order valence-corrected chi connectivity index (χ1v) is 8.24. The molecule has 1 saturated heterocycles. The average Bonchev–Trinajstić information content (AvgIpc) is 2.54. The van der Waals surface area contributed by atoms with E-state index < -0.39 is 0 Å². The van der Waals surface area contributed by atoms with Crippen molar-refractivity contribution in [2.45, 2.75) is 64.0 Å². The Morgan fingerprint density at radius 3 is 2.52 bits per heavy atom. The van der Waals surface area contributed by atoms with Crippen LogP contribution in [0.1, 0.15) is 51.9 Å². The van der Waals surface area contributed by atoms with Crippen molar-refractivity contribution in [2.24, 2.45) is 5.92 Å². The van der Waals surface area contributed by atoms with Crippen molar-refractivity contribution in [3.63, 3.8) is 0 Å². The third-order valence-corrected chi connectivity index (χ3v) is 4.87. The first-order chi connectivity index (χ1) is 10.1. The zero-order valence-electron chi connectivity index (χ0n) is 13.3. The van der Waals surface area contributed by atoms with Crippen molar-refractivity contribution in [3.8, 4) is 0 Å². The summed E-state index contributed by atoms with van der Waals surface area (Å²) in [6.07, 6.45) is 7.73. The maximum atomic E-state index is 12.4. The molecule has 1 N–H and O–H groups in total. The summed E-state index contributed by atoms with van der Waals surface area (Å²) >= 11 is 0. The first-order valence-electron chi connectivity index (χ1n) is 8.24. The number of methoxy groups -OCH3 is 1. The molecule has 0 aromatic carbocycles. The molecule has 2 aliphatic rings. The van der Waals surface area contributed by atoms with Crippen LogP contribution in [0, 0.1) is 5.92 Å². The Balaban J connectivity index is 1.84. The van der Waals surface area contributed by atoms with Crippen molar-refractivity contribution < 1.29 is 14.3 Å². The van der Waals surface area contributed by atoms with Gasteiger partial charge in [-0.15, -0.1) is 0 Å². The van der Waals surface area contributed by atoms with E-state index in [0.29, 0.717) is 12.6 Å². The van der Waals surface area contributed by atoms with E-state index in [-0.39, 0.29) is 23.8 Å². The molecular formula is C16H28N2O3. The molecule has 1 unspecified atom stereocenters. The second-order valence-electron chi connectivity index (χ2n) is 6.38. The fourth-order valence-corrected chi connectivity index (χ4v) is 3.45. The summed E-state index contributed by atoms with van der Waals surface area (Å²) in [5.74, 6) is -0.138. The molecule has 1 saturated carbocycles. The van der Waals surface area contributed by atoms with Gasteiger partial charge in [-0.2, -0.15) is 0 Å². The average molecular weight is 296 g/mol. The highest BCUT2D eigenvalue weighted by Gasteiger charge is 2.32. The summed E-state index contributed by atoms with van der Waals surface area (Å²) < 4.78 is 4.83. The normalized spacial score (nSPS) is 26.1. The lowest BCUT2D eigenvalue weighted by Crippen LogP contribution is -2.52. The molecular weight excluding hydrogens is 268 g/mol. The van der Waals surface area contributed by atoms with Crippen LogP contribution in [0.4, 0.5) is 0 Å². The third kappa shape index (κ3) is 4.43. The molecule has 5 nitrogen and oxygen atoms in total. The van der Waals surface area contributed by atoms with E-state index in [1.54, 1.807) is 0 Å². The molecule has 0 aromatic heterocycles. The van der Waals surface area contributed by atoms with Crippen LogP contribution in [0.25, 0.3) is 0 Å². The van der Waals surface area contributed by atoms with E-state index in [1.165, 1.54) is 26.4 Å². The van der Waals surface area contributed by atoms with Crippen LogP contribution in [-0.4, -0.2) is 49.1 Å². The number of likely N-dealkylation sites (tertiary alicyclic amines) is 1. The fourth-order valence-electron chi connectivity index (χ4n) is 3.45. The number of carbonyl (C=O) groups excluding carboxylic acids is 2. The Hall–Kier alpha value is -1.10. The maximum absolute atomic E-state index is 12.4. The zero-order chi connectivity index (χ0) is 15.2. The van der Waals surface area contributed by atoms with E-state index in [9.17, 15) is 9.59 Å². The van der Waals surface area contributed by atoms with Gasteiger partial charge < -0.3 is 10.1 Å². The lowest BCUT2D eigenvalue weighted by atomic mass is 9.94. The Morgan fingerprint density at radius 1 is 1.14 bits per heavy atom.